The van der Waals surface area contributed by atoms with Crippen LogP contribution in [0.4, 0.5) is 0 Å². The number of hydrogen-bond donors (Lipinski definition) is 2. The molecule has 0 aromatic rings. The topological polar surface area (TPSA) is 66.1 Å². The van der Waals surface area contributed by atoms with Gasteiger partial charge in [-0.05, 0) is 26.4 Å². The number of likely N-dealkylation sites (N-methyl/N-ethyl adjacent to an activating group) is 1. The van der Waals surface area contributed by atoms with E-state index < -0.39 is 0 Å². The number of nitrogens with two attached hydrogens (primary N) is 1. The highest BCUT2D eigenvalue weighted by molar-refractivity contribution is 5.79. The zero-order valence-corrected chi connectivity index (χ0v) is 11.0. The molecule has 0 unspecified atom stereocenters. The number of ether oxygens (including phenoxy) is 1. The lowest BCUT2D eigenvalue weighted by atomic mass is 10.4. The second-order valence-corrected chi connectivity index (χ2v) is 4.34. The molecule has 0 bridgehead atoms. The molecule has 1 saturated heterocycles. The van der Waals surface area contributed by atoms with E-state index in [1.54, 1.807) is 7.11 Å². The molecule has 0 spiro atoms. The molecule has 1 aliphatic rings. The summed E-state index contributed by atoms with van der Waals surface area (Å²) in [6.07, 6.45) is 2.07. The normalized spacial score (nSPS) is 19.2. The molecule has 3 N–H and O–H groups in total. The van der Waals surface area contributed by atoms with Crippen molar-refractivity contribution in [2.24, 2.45) is 10.8 Å². The number of nitrogens with one attached hydrogen (secondary N) is 1. The molecule has 1 fully saturated rings. The molecule has 1 aliphatic heterocycles. The predicted octanol–water partition coefficient (Wildman–Crippen LogP) is -0.520. The lowest BCUT2D eigenvalue weighted by molar-refractivity contribution is 0.197. The Morgan fingerprint density at radius 3 is 2.88 bits per heavy atom. The second-order valence-electron chi connectivity index (χ2n) is 4.34. The summed E-state index contributed by atoms with van der Waals surface area (Å²) in [6.45, 7) is 5.67. The van der Waals surface area contributed by atoms with Gasteiger partial charge in [0.2, 0.25) is 5.96 Å². The maximum atomic E-state index is 5.54. The van der Waals surface area contributed by atoms with Gasteiger partial charge in [-0.3, -0.25) is 10.4 Å². The van der Waals surface area contributed by atoms with E-state index in [0.29, 0.717) is 0 Å². The van der Waals surface area contributed by atoms with E-state index in [1.807, 2.05) is 0 Å². The number of hydrazine groups is 1. The van der Waals surface area contributed by atoms with Gasteiger partial charge in [0.05, 0.1) is 0 Å². The number of methoxy groups -OCH3 is 1. The monoisotopic (exact) mass is 243 g/mol. The van der Waals surface area contributed by atoms with E-state index in [2.05, 4.69) is 27.3 Å². The first kappa shape index (κ1) is 14.2. The third-order valence-electron chi connectivity index (χ3n) is 2.92. The molecule has 17 heavy (non-hydrogen) atoms. The Morgan fingerprint density at radius 1 is 1.35 bits per heavy atom. The first-order valence-corrected chi connectivity index (χ1v) is 6.21. The highest BCUT2D eigenvalue weighted by atomic mass is 16.5. The summed E-state index contributed by atoms with van der Waals surface area (Å²) < 4.78 is 5.00. The summed E-state index contributed by atoms with van der Waals surface area (Å²) in [5, 5.41) is 0. The summed E-state index contributed by atoms with van der Waals surface area (Å²) in [6, 6.07) is 0. The Hall–Kier alpha value is -0.850. The number of hydrogen-bond acceptors (Lipinski definition) is 4. The van der Waals surface area contributed by atoms with Crippen molar-refractivity contribution in [1.82, 2.24) is 15.2 Å². The van der Waals surface area contributed by atoms with Crippen molar-refractivity contribution in [1.29, 1.82) is 0 Å². The number of nitrogens with zero attached hydrogens (tertiary/aromatic N) is 3. The van der Waals surface area contributed by atoms with Gasteiger partial charge in [0, 0.05) is 39.9 Å². The Bertz CT molecular complexity index is 234. The van der Waals surface area contributed by atoms with Crippen LogP contribution >= 0.6 is 0 Å². The van der Waals surface area contributed by atoms with Crippen molar-refractivity contribution >= 4 is 5.96 Å². The van der Waals surface area contributed by atoms with Crippen LogP contribution in [-0.2, 0) is 4.74 Å². The lowest BCUT2D eigenvalue weighted by Gasteiger charge is -2.23. The number of rotatable bonds is 4. The van der Waals surface area contributed by atoms with Crippen molar-refractivity contribution in [3.63, 3.8) is 0 Å². The molecule has 0 aromatic carbocycles. The van der Waals surface area contributed by atoms with E-state index >= 15 is 0 Å². The van der Waals surface area contributed by atoms with Gasteiger partial charge in [0.25, 0.3) is 0 Å². The molecule has 0 aliphatic carbocycles. The van der Waals surface area contributed by atoms with Crippen molar-refractivity contribution in [2.45, 2.75) is 12.8 Å². The summed E-state index contributed by atoms with van der Waals surface area (Å²) >= 11 is 0. The minimum absolute atomic E-state index is 0.740. The summed E-state index contributed by atoms with van der Waals surface area (Å²) in [4.78, 5) is 9.03. The second kappa shape index (κ2) is 8.27. The fraction of sp³-hybridized carbons (Fsp3) is 0.909. The number of guanidine groups is 1. The van der Waals surface area contributed by atoms with Crippen molar-refractivity contribution < 1.29 is 4.74 Å². The SMILES string of the molecule is COCCCN=C(NN)N1CCCN(C)CC1. The Balaban J connectivity index is 2.42. The van der Waals surface area contributed by atoms with Crippen LogP contribution in [0.5, 0.6) is 0 Å². The van der Waals surface area contributed by atoms with Gasteiger partial charge in [-0.1, -0.05) is 0 Å². The van der Waals surface area contributed by atoms with Crippen LogP contribution in [0.2, 0.25) is 0 Å². The highest BCUT2D eigenvalue weighted by Crippen LogP contribution is 2.01. The zero-order valence-electron chi connectivity index (χ0n) is 11.0. The molecule has 0 radical (unpaired) electrons. The number of aliphatic imine (C=N–C) groups is 1. The molecular formula is C11H25N5O. The minimum Gasteiger partial charge on any atom is -0.385 e. The van der Waals surface area contributed by atoms with Crippen LogP contribution in [-0.4, -0.2) is 69.2 Å². The van der Waals surface area contributed by atoms with Crippen LogP contribution in [0.1, 0.15) is 12.8 Å². The summed E-state index contributed by atoms with van der Waals surface area (Å²) in [7, 11) is 3.85. The largest absolute Gasteiger partial charge is 0.385 e. The Morgan fingerprint density at radius 2 is 2.18 bits per heavy atom. The molecule has 6 nitrogen and oxygen atoms in total. The standard InChI is InChI=1S/C11H25N5O/c1-15-6-4-7-16(9-8-15)11(14-12)13-5-3-10-17-2/h3-10,12H2,1-2H3,(H,13,14). The van der Waals surface area contributed by atoms with E-state index in [1.165, 1.54) is 0 Å². The molecule has 0 aromatic heterocycles. The van der Waals surface area contributed by atoms with E-state index in [9.17, 15) is 0 Å². The molecule has 1 heterocycles. The van der Waals surface area contributed by atoms with Gasteiger partial charge in [-0.15, -0.1) is 0 Å². The fourth-order valence-corrected chi connectivity index (χ4v) is 1.89. The quantitative estimate of drug-likeness (QED) is 0.229. The van der Waals surface area contributed by atoms with Crippen molar-refractivity contribution in [2.75, 3.05) is 53.5 Å². The van der Waals surface area contributed by atoms with E-state index in [0.717, 1.165) is 58.1 Å². The van der Waals surface area contributed by atoms with Gasteiger partial charge in [0.1, 0.15) is 0 Å². The third-order valence-corrected chi connectivity index (χ3v) is 2.92. The maximum Gasteiger partial charge on any atom is 0.208 e. The molecule has 0 amide bonds. The van der Waals surface area contributed by atoms with Crippen LogP contribution in [0.3, 0.4) is 0 Å². The van der Waals surface area contributed by atoms with Crippen LogP contribution in [0, 0.1) is 0 Å². The first-order valence-electron chi connectivity index (χ1n) is 6.21. The zero-order chi connectivity index (χ0) is 12.5. The molecule has 1 rings (SSSR count). The van der Waals surface area contributed by atoms with Crippen LogP contribution in [0.25, 0.3) is 0 Å². The third kappa shape index (κ3) is 5.34. The van der Waals surface area contributed by atoms with Gasteiger partial charge >= 0.3 is 0 Å². The maximum absolute atomic E-state index is 5.54. The molecule has 100 valence electrons. The van der Waals surface area contributed by atoms with Gasteiger partial charge < -0.3 is 14.5 Å². The van der Waals surface area contributed by atoms with E-state index in [-0.39, 0.29) is 0 Å². The first-order chi connectivity index (χ1) is 8.27. The average Bonchev–Trinajstić information content (AvgIpc) is 2.55. The molecular weight excluding hydrogens is 218 g/mol. The van der Waals surface area contributed by atoms with Crippen molar-refractivity contribution in [3.05, 3.63) is 0 Å². The molecule has 0 saturated carbocycles. The molecule has 6 heteroatoms. The van der Waals surface area contributed by atoms with Gasteiger partial charge in [-0.2, -0.15) is 0 Å². The van der Waals surface area contributed by atoms with Crippen LogP contribution < -0.4 is 11.3 Å². The summed E-state index contributed by atoms with van der Waals surface area (Å²) in [5.41, 5.74) is 2.71. The molecule has 0 atom stereocenters. The summed E-state index contributed by atoms with van der Waals surface area (Å²) in [5.74, 6) is 6.34. The van der Waals surface area contributed by atoms with E-state index in [4.69, 9.17) is 10.6 Å². The van der Waals surface area contributed by atoms with Gasteiger partial charge in [0.15, 0.2) is 0 Å². The van der Waals surface area contributed by atoms with Crippen molar-refractivity contribution in [3.8, 4) is 0 Å². The Kier molecular flexibility index (Phi) is 6.91. The Labute approximate surface area is 104 Å². The smallest absolute Gasteiger partial charge is 0.208 e. The lowest BCUT2D eigenvalue weighted by Crippen LogP contribution is -2.46. The average molecular weight is 243 g/mol. The van der Waals surface area contributed by atoms with Crippen LogP contribution in [0.15, 0.2) is 4.99 Å². The fourth-order valence-electron chi connectivity index (χ4n) is 1.89. The van der Waals surface area contributed by atoms with Gasteiger partial charge in [-0.25, -0.2) is 5.84 Å². The predicted molar refractivity (Wildman–Crippen MR) is 69.8 cm³/mol. The minimum atomic E-state index is 0.740. The highest BCUT2D eigenvalue weighted by Gasteiger charge is 2.14.